The van der Waals surface area contributed by atoms with Gasteiger partial charge in [0.05, 0.1) is 6.10 Å². The van der Waals surface area contributed by atoms with Crippen molar-refractivity contribution < 1.29 is 19.8 Å². The van der Waals surface area contributed by atoms with Crippen molar-refractivity contribution in [1.29, 1.82) is 0 Å². The van der Waals surface area contributed by atoms with E-state index in [1.54, 1.807) is 29.2 Å². The predicted octanol–water partition coefficient (Wildman–Crippen LogP) is 1.77. The number of nitrogens with zero attached hydrogens (tertiary/aromatic N) is 1. The predicted molar refractivity (Wildman–Crippen MR) is 78.9 cm³/mol. The zero-order valence-electron chi connectivity index (χ0n) is 11.5. The van der Waals surface area contributed by atoms with Crippen molar-refractivity contribution in [3.8, 4) is 0 Å². The molecular weight excluding hydrogens is 272 g/mol. The first-order valence-corrected chi connectivity index (χ1v) is 6.79. The number of carbonyl (C=O) groups is 2. The largest absolute Gasteiger partial charge is 0.478 e. The minimum Gasteiger partial charge on any atom is -0.478 e. The van der Waals surface area contributed by atoms with E-state index >= 15 is 0 Å². The van der Waals surface area contributed by atoms with E-state index in [1.807, 2.05) is 0 Å². The smallest absolute Gasteiger partial charge is 0.328 e. The number of anilines is 1. The number of piperidine rings is 1. The van der Waals surface area contributed by atoms with Gasteiger partial charge in [-0.15, -0.1) is 0 Å². The molecular formula is C15H18N2O4. The molecule has 6 heteroatoms. The molecule has 1 fully saturated rings. The van der Waals surface area contributed by atoms with Crippen LogP contribution in [-0.2, 0) is 4.79 Å². The second-order valence-electron chi connectivity index (χ2n) is 4.97. The quantitative estimate of drug-likeness (QED) is 0.740. The maximum absolute atomic E-state index is 12.0. The number of carboxylic acids is 1. The van der Waals surface area contributed by atoms with Crippen LogP contribution in [0.5, 0.6) is 0 Å². The molecule has 0 spiro atoms. The average molecular weight is 290 g/mol. The topological polar surface area (TPSA) is 89.9 Å². The number of hydrogen-bond acceptors (Lipinski definition) is 3. The molecule has 112 valence electrons. The number of urea groups is 1. The van der Waals surface area contributed by atoms with Crippen LogP contribution < -0.4 is 5.32 Å². The third kappa shape index (κ3) is 4.61. The Labute approximate surface area is 122 Å². The van der Waals surface area contributed by atoms with Crippen LogP contribution in [0.2, 0.25) is 0 Å². The van der Waals surface area contributed by atoms with E-state index in [-0.39, 0.29) is 6.03 Å². The molecule has 1 aromatic rings. The fourth-order valence-electron chi connectivity index (χ4n) is 2.19. The summed E-state index contributed by atoms with van der Waals surface area (Å²) in [5, 5.41) is 20.9. The maximum Gasteiger partial charge on any atom is 0.328 e. The molecule has 1 aliphatic rings. The highest BCUT2D eigenvalue weighted by molar-refractivity contribution is 5.90. The zero-order chi connectivity index (χ0) is 15.2. The molecule has 0 aliphatic carbocycles. The van der Waals surface area contributed by atoms with Crippen molar-refractivity contribution in [3.63, 3.8) is 0 Å². The molecule has 2 rings (SSSR count). The number of rotatable bonds is 3. The lowest BCUT2D eigenvalue weighted by atomic mass is 10.1. The molecule has 1 aliphatic heterocycles. The average Bonchev–Trinajstić information content (AvgIpc) is 2.46. The van der Waals surface area contributed by atoms with E-state index in [0.717, 1.165) is 24.5 Å². The summed E-state index contributed by atoms with van der Waals surface area (Å²) in [4.78, 5) is 24.0. The molecule has 3 N–H and O–H groups in total. The Bertz CT molecular complexity index is 539. The Morgan fingerprint density at radius 2 is 2.00 bits per heavy atom. The molecule has 1 heterocycles. The second-order valence-corrected chi connectivity index (χ2v) is 4.97. The third-order valence-electron chi connectivity index (χ3n) is 3.26. The van der Waals surface area contributed by atoms with Gasteiger partial charge in [0, 0.05) is 24.9 Å². The van der Waals surface area contributed by atoms with Crippen LogP contribution in [0.25, 0.3) is 6.08 Å². The highest BCUT2D eigenvalue weighted by atomic mass is 16.4. The van der Waals surface area contributed by atoms with Crippen molar-refractivity contribution in [2.45, 2.75) is 18.9 Å². The molecule has 0 aromatic heterocycles. The first-order chi connectivity index (χ1) is 10.0. The minimum atomic E-state index is -1.00. The van der Waals surface area contributed by atoms with E-state index in [2.05, 4.69) is 5.32 Å². The summed E-state index contributed by atoms with van der Waals surface area (Å²) in [5.74, 6) is -1.00. The van der Waals surface area contributed by atoms with Crippen LogP contribution >= 0.6 is 0 Å². The Kier molecular flexibility index (Phi) is 4.94. The van der Waals surface area contributed by atoms with E-state index in [4.69, 9.17) is 5.11 Å². The van der Waals surface area contributed by atoms with Gasteiger partial charge in [-0.05, 0) is 36.6 Å². The van der Waals surface area contributed by atoms with Crippen LogP contribution in [-0.4, -0.2) is 46.3 Å². The molecule has 0 radical (unpaired) electrons. The highest BCUT2D eigenvalue weighted by Gasteiger charge is 2.21. The first kappa shape index (κ1) is 15.1. The van der Waals surface area contributed by atoms with Gasteiger partial charge in [-0.25, -0.2) is 9.59 Å². The van der Waals surface area contributed by atoms with Crippen LogP contribution in [0, 0.1) is 0 Å². The van der Waals surface area contributed by atoms with Gasteiger partial charge in [-0.1, -0.05) is 12.1 Å². The molecule has 21 heavy (non-hydrogen) atoms. The van der Waals surface area contributed by atoms with Crippen LogP contribution in [0.4, 0.5) is 10.5 Å². The van der Waals surface area contributed by atoms with Gasteiger partial charge in [0.15, 0.2) is 0 Å². The Balaban J connectivity index is 1.93. The van der Waals surface area contributed by atoms with Gasteiger partial charge in [-0.2, -0.15) is 0 Å². The summed E-state index contributed by atoms with van der Waals surface area (Å²) in [6, 6.07) is 6.63. The number of amides is 2. The summed E-state index contributed by atoms with van der Waals surface area (Å²) < 4.78 is 0. The fraction of sp³-hybridized carbons (Fsp3) is 0.333. The standard InChI is InChI=1S/C15H18N2O4/c18-13-2-1-9-17(10-13)15(21)16-12-6-3-11(4-7-12)5-8-14(19)20/h3-8,13,18H,1-2,9-10H2,(H,16,21)(H,19,20). The number of benzene rings is 1. The van der Waals surface area contributed by atoms with Gasteiger partial charge in [-0.3, -0.25) is 0 Å². The summed E-state index contributed by atoms with van der Waals surface area (Å²) >= 11 is 0. The third-order valence-corrected chi connectivity index (χ3v) is 3.26. The first-order valence-electron chi connectivity index (χ1n) is 6.79. The van der Waals surface area contributed by atoms with E-state index < -0.39 is 12.1 Å². The number of carbonyl (C=O) groups excluding carboxylic acids is 1. The normalized spacial score (nSPS) is 18.7. The van der Waals surface area contributed by atoms with Gasteiger partial charge in [0.2, 0.25) is 0 Å². The van der Waals surface area contributed by atoms with Gasteiger partial charge in [0.1, 0.15) is 0 Å². The molecule has 0 saturated carbocycles. The summed E-state index contributed by atoms with van der Waals surface area (Å²) in [7, 11) is 0. The SMILES string of the molecule is O=C(O)C=Cc1ccc(NC(=O)N2CCCC(O)C2)cc1. The van der Waals surface area contributed by atoms with Crippen molar-refractivity contribution in [3.05, 3.63) is 35.9 Å². The lowest BCUT2D eigenvalue weighted by Crippen LogP contribution is -2.44. The molecule has 1 aromatic carbocycles. The molecule has 0 bridgehead atoms. The highest BCUT2D eigenvalue weighted by Crippen LogP contribution is 2.14. The lowest BCUT2D eigenvalue weighted by molar-refractivity contribution is -0.131. The Morgan fingerprint density at radius 3 is 2.62 bits per heavy atom. The van der Waals surface area contributed by atoms with Crippen LogP contribution in [0.1, 0.15) is 18.4 Å². The van der Waals surface area contributed by atoms with Gasteiger partial charge < -0.3 is 20.4 Å². The van der Waals surface area contributed by atoms with Crippen LogP contribution in [0.15, 0.2) is 30.3 Å². The fourth-order valence-corrected chi connectivity index (χ4v) is 2.19. The van der Waals surface area contributed by atoms with Crippen molar-refractivity contribution in [2.75, 3.05) is 18.4 Å². The molecule has 1 saturated heterocycles. The number of hydrogen-bond donors (Lipinski definition) is 3. The number of aliphatic hydroxyl groups is 1. The molecule has 1 atom stereocenters. The summed E-state index contributed by atoms with van der Waals surface area (Å²) in [6.07, 6.45) is 3.62. The maximum atomic E-state index is 12.0. The number of β-amino-alcohol motifs (C(OH)–C–C–N with tert-alkyl or cyclic N) is 1. The number of likely N-dealkylation sites (tertiary alicyclic amines) is 1. The van der Waals surface area contributed by atoms with E-state index in [0.29, 0.717) is 18.8 Å². The number of carboxylic acid groups (broad SMARTS) is 1. The summed E-state index contributed by atoms with van der Waals surface area (Å²) in [6.45, 7) is 0.994. The van der Waals surface area contributed by atoms with Gasteiger partial charge >= 0.3 is 12.0 Å². The monoisotopic (exact) mass is 290 g/mol. The molecule has 2 amide bonds. The molecule has 6 nitrogen and oxygen atoms in total. The van der Waals surface area contributed by atoms with Crippen molar-refractivity contribution >= 4 is 23.8 Å². The van der Waals surface area contributed by atoms with Crippen molar-refractivity contribution in [1.82, 2.24) is 4.90 Å². The van der Waals surface area contributed by atoms with Crippen molar-refractivity contribution in [2.24, 2.45) is 0 Å². The summed E-state index contributed by atoms with van der Waals surface area (Å²) in [5.41, 5.74) is 1.37. The van der Waals surface area contributed by atoms with Gasteiger partial charge in [0.25, 0.3) is 0 Å². The van der Waals surface area contributed by atoms with Crippen LogP contribution in [0.3, 0.4) is 0 Å². The van der Waals surface area contributed by atoms with E-state index in [1.165, 1.54) is 6.08 Å². The zero-order valence-corrected chi connectivity index (χ0v) is 11.5. The van der Waals surface area contributed by atoms with E-state index in [9.17, 15) is 14.7 Å². The Hall–Kier alpha value is -2.34. The minimum absolute atomic E-state index is 0.234. The number of nitrogens with one attached hydrogen (secondary N) is 1. The molecule has 1 unspecified atom stereocenters. The Morgan fingerprint density at radius 1 is 1.29 bits per heavy atom. The number of aliphatic carboxylic acids is 1. The lowest BCUT2D eigenvalue weighted by Gasteiger charge is -2.30. The number of aliphatic hydroxyl groups excluding tert-OH is 1. The second kappa shape index (κ2) is 6.90.